The Morgan fingerprint density at radius 1 is 1.30 bits per heavy atom. The molecule has 1 aromatic heterocycles. The van der Waals surface area contributed by atoms with Gasteiger partial charge in [0.1, 0.15) is 5.76 Å². The molecule has 2 amide bonds. The number of nitrogens with zero attached hydrogens (tertiary/aromatic N) is 1. The van der Waals surface area contributed by atoms with Crippen LogP contribution in [0.3, 0.4) is 0 Å². The first-order valence-electron chi connectivity index (χ1n) is 7.68. The zero-order chi connectivity index (χ0) is 17.5. The average Bonchev–Trinajstić information content (AvgIpc) is 2.78. The number of urea groups is 1. The number of amides is 2. The van der Waals surface area contributed by atoms with Gasteiger partial charge in [-0.3, -0.25) is 0 Å². The fraction of sp³-hybridized carbons (Fsp3) is 0.714. The van der Waals surface area contributed by atoms with Crippen LogP contribution in [0.1, 0.15) is 37.3 Å². The Kier molecular flexibility index (Phi) is 7.50. The van der Waals surface area contributed by atoms with E-state index in [-0.39, 0.29) is 17.8 Å². The van der Waals surface area contributed by atoms with Crippen molar-refractivity contribution < 1.29 is 17.7 Å². The number of sulfonamides is 1. The van der Waals surface area contributed by atoms with Crippen LogP contribution in [0.5, 0.6) is 0 Å². The molecular formula is C14H26N4O4S. The Morgan fingerprint density at radius 3 is 2.57 bits per heavy atom. The summed E-state index contributed by atoms with van der Waals surface area (Å²) in [5.74, 6) is 0.819. The lowest BCUT2D eigenvalue weighted by Crippen LogP contribution is -2.42. The quantitative estimate of drug-likeness (QED) is 0.574. The molecule has 1 aromatic rings. The molecule has 0 spiro atoms. The van der Waals surface area contributed by atoms with Crippen LogP contribution in [0.4, 0.5) is 4.79 Å². The summed E-state index contributed by atoms with van der Waals surface area (Å²) in [6, 6.07) is -0.340. The molecule has 9 heteroatoms. The van der Waals surface area contributed by atoms with Crippen LogP contribution in [-0.2, 0) is 16.4 Å². The summed E-state index contributed by atoms with van der Waals surface area (Å²) >= 11 is 0. The Bertz CT molecular complexity index is 593. The van der Waals surface area contributed by atoms with Gasteiger partial charge in [0, 0.05) is 24.7 Å². The molecule has 3 N–H and O–H groups in total. The number of hydrogen-bond acceptors (Lipinski definition) is 5. The largest absolute Gasteiger partial charge is 0.361 e. The molecule has 23 heavy (non-hydrogen) atoms. The molecule has 0 fully saturated rings. The van der Waals surface area contributed by atoms with E-state index in [2.05, 4.69) is 20.5 Å². The standard InChI is InChI=1S/C14H26N4O4S/c1-5-23(20,21)16-8-6-7-15-14(19)17-10(2)9-13-11(3)18-22-12(13)4/h10,16H,5-9H2,1-4H3,(H2,15,17,19). The smallest absolute Gasteiger partial charge is 0.315 e. The molecule has 0 bridgehead atoms. The fourth-order valence-electron chi connectivity index (χ4n) is 2.05. The number of carbonyl (C=O) groups excluding carboxylic acids is 1. The van der Waals surface area contributed by atoms with Crippen LogP contribution < -0.4 is 15.4 Å². The van der Waals surface area contributed by atoms with Gasteiger partial charge < -0.3 is 15.2 Å². The van der Waals surface area contributed by atoms with Crippen LogP contribution in [0, 0.1) is 13.8 Å². The lowest BCUT2D eigenvalue weighted by Gasteiger charge is -2.14. The van der Waals surface area contributed by atoms with Crippen molar-refractivity contribution in [2.75, 3.05) is 18.8 Å². The van der Waals surface area contributed by atoms with Gasteiger partial charge in [0.25, 0.3) is 0 Å². The maximum Gasteiger partial charge on any atom is 0.315 e. The Balaban J connectivity index is 2.23. The molecule has 0 aliphatic carbocycles. The van der Waals surface area contributed by atoms with Crippen molar-refractivity contribution in [3.05, 3.63) is 17.0 Å². The van der Waals surface area contributed by atoms with E-state index < -0.39 is 10.0 Å². The summed E-state index contributed by atoms with van der Waals surface area (Å²) in [6.45, 7) is 7.91. The molecule has 8 nitrogen and oxygen atoms in total. The molecule has 1 atom stereocenters. The van der Waals surface area contributed by atoms with Gasteiger partial charge in [-0.1, -0.05) is 5.16 Å². The summed E-state index contributed by atoms with van der Waals surface area (Å²) < 4.78 is 30.0. The Labute approximate surface area is 137 Å². The first-order chi connectivity index (χ1) is 10.7. The minimum atomic E-state index is -3.17. The van der Waals surface area contributed by atoms with Crippen molar-refractivity contribution >= 4 is 16.1 Å². The van der Waals surface area contributed by atoms with Gasteiger partial charge in [-0.05, 0) is 40.5 Å². The van der Waals surface area contributed by atoms with E-state index in [4.69, 9.17) is 4.52 Å². The third-order valence-corrected chi connectivity index (χ3v) is 4.81. The van der Waals surface area contributed by atoms with E-state index in [0.717, 1.165) is 17.0 Å². The summed E-state index contributed by atoms with van der Waals surface area (Å²) in [6.07, 6.45) is 1.18. The lowest BCUT2D eigenvalue weighted by atomic mass is 10.1. The van der Waals surface area contributed by atoms with Crippen LogP contribution in [0.2, 0.25) is 0 Å². The monoisotopic (exact) mass is 346 g/mol. The van der Waals surface area contributed by atoms with E-state index in [1.54, 1.807) is 6.92 Å². The number of rotatable bonds is 9. The van der Waals surface area contributed by atoms with E-state index >= 15 is 0 Å². The number of carbonyl (C=O) groups is 1. The number of aryl methyl sites for hydroxylation is 2. The molecule has 0 aliphatic heterocycles. The topological polar surface area (TPSA) is 113 Å². The summed E-state index contributed by atoms with van der Waals surface area (Å²) in [4.78, 5) is 11.8. The summed E-state index contributed by atoms with van der Waals surface area (Å²) in [5, 5.41) is 9.42. The number of aromatic nitrogens is 1. The highest BCUT2D eigenvalue weighted by Crippen LogP contribution is 2.14. The van der Waals surface area contributed by atoms with Crippen molar-refractivity contribution in [3.63, 3.8) is 0 Å². The van der Waals surface area contributed by atoms with Gasteiger partial charge >= 0.3 is 6.03 Å². The van der Waals surface area contributed by atoms with Gasteiger partial charge in [-0.15, -0.1) is 0 Å². The molecule has 0 radical (unpaired) electrons. The maximum absolute atomic E-state index is 11.8. The van der Waals surface area contributed by atoms with Crippen LogP contribution in [0.25, 0.3) is 0 Å². The van der Waals surface area contributed by atoms with Gasteiger partial charge in [0.2, 0.25) is 10.0 Å². The van der Waals surface area contributed by atoms with E-state index in [1.165, 1.54) is 0 Å². The van der Waals surface area contributed by atoms with E-state index in [9.17, 15) is 13.2 Å². The Morgan fingerprint density at radius 2 is 2.00 bits per heavy atom. The molecule has 1 unspecified atom stereocenters. The summed E-state index contributed by atoms with van der Waals surface area (Å²) in [7, 11) is -3.17. The third kappa shape index (κ3) is 7.00. The van der Waals surface area contributed by atoms with Crippen molar-refractivity contribution in [3.8, 4) is 0 Å². The van der Waals surface area contributed by atoms with Crippen LogP contribution in [-0.4, -0.2) is 44.5 Å². The highest BCUT2D eigenvalue weighted by atomic mass is 32.2. The van der Waals surface area contributed by atoms with Gasteiger partial charge in [0.05, 0.1) is 11.4 Å². The molecule has 0 aromatic carbocycles. The molecule has 1 rings (SSSR count). The van der Waals surface area contributed by atoms with Crippen LogP contribution >= 0.6 is 0 Å². The van der Waals surface area contributed by atoms with Gasteiger partial charge in [-0.25, -0.2) is 17.9 Å². The second-order valence-corrected chi connectivity index (χ2v) is 7.55. The third-order valence-electron chi connectivity index (χ3n) is 3.41. The second-order valence-electron chi connectivity index (χ2n) is 5.46. The number of nitrogens with one attached hydrogen (secondary N) is 3. The lowest BCUT2D eigenvalue weighted by molar-refractivity contribution is 0.237. The molecule has 0 saturated carbocycles. The Hall–Kier alpha value is -1.61. The normalized spacial score (nSPS) is 12.9. The maximum atomic E-state index is 11.8. The first-order valence-corrected chi connectivity index (χ1v) is 9.33. The van der Waals surface area contributed by atoms with Crippen molar-refractivity contribution in [1.82, 2.24) is 20.5 Å². The highest BCUT2D eigenvalue weighted by molar-refractivity contribution is 7.89. The molecule has 132 valence electrons. The van der Waals surface area contributed by atoms with Crippen molar-refractivity contribution in [2.45, 2.75) is 46.6 Å². The van der Waals surface area contributed by atoms with Crippen LogP contribution in [0.15, 0.2) is 4.52 Å². The van der Waals surface area contributed by atoms with Gasteiger partial charge in [0.15, 0.2) is 0 Å². The predicted molar refractivity (Wildman–Crippen MR) is 87.8 cm³/mol. The molecule has 0 saturated heterocycles. The molecular weight excluding hydrogens is 320 g/mol. The minimum Gasteiger partial charge on any atom is -0.361 e. The zero-order valence-electron chi connectivity index (χ0n) is 14.1. The zero-order valence-corrected chi connectivity index (χ0v) is 14.9. The van der Waals surface area contributed by atoms with Crippen molar-refractivity contribution in [1.29, 1.82) is 0 Å². The van der Waals surface area contributed by atoms with E-state index in [1.807, 2.05) is 20.8 Å². The minimum absolute atomic E-state index is 0.0557. The number of hydrogen-bond donors (Lipinski definition) is 3. The fourth-order valence-corrected chi connectivity index (χ4v) is 2.70. The SMILES string of the molecule is CCS(=O)(=O)NCCCNC(=O)NC(C)Cc1c(C)noc1C. The van der Waals surface area contributed by atoms with Gasteiger partial charge in [-0.2, -0.15) is 0 Å². The highest BCUT2D eigenvalue weighted by Gasteiger charge is 2.14. The average molecular weight is 346 g/mol. The second kappa shape index (κ2) is 8.88. The van der Waals surface area contributed by atoms with Crippen molar-refractivity contribution in [2.24, 2.45) is 0 Å². The predicted octanol–water partition coefficient (Wildman–Crippen LogP) is 0.851. The first kappa shape index (κ1) is 19.4. The molecule has 0 aliphatic rings. The molecule has 1 heterocycles. The van der Waals surface area contributed by atoms with E-state index in [0.29, 0.717) is 25.9 Å². The summed E-state index contributed by atoms with van der Waals surface area (Å²) in [5.41, 5.74) is 1.84.